The number of thioether (sulfide) groups is 1. The van der Waals surface area contributed by atoms with Crippen LogP contribution in [0.25, 0.3) is 0 Å². The molecule has 4 nitrogen and oxygen atoms in total. The van der Waals surface area contributed by atoms with Gasteiger partial charge in [-0.3, -0.25) is 9.59 Å². The van der Waals surface area contributed by atoms with Crippen molar-refractivity contribution in [2.24, 2.45) is 0 Å². The van der Waals surface area contributed by atoms with Crippen LogP contribution in [0.15, 0.2) is 24.3 Å². The van der Waals surface area contributed by atoms with E-state index in [1.807, 2.05) is 0 Å². The van der Waals surface area contributed by atoms with Crippen molar-refractivity contribution in [1.29, 1.82) is 0 Å². The monoisotopic (exact) mass is 402 g/mol. The molecule has 2 aromatic rings. The Morgan fingerprint density at radius 1 is 0.778 bits per heavy atom. The molecule has 0 aliphatic carbocycles. The molecule has 0 spiro atoms. The summed E-state index contributed by atoms with van der Waals surface area (Å²) < 4.78 is 64.2. The van der Waals surface area contributed by atoms with E-state index >= 15 is 0 Å². The lowest BCUT2D eigenvalue weighted by atomic mass is 10.2. The molecule has 0 saturated heterocycles. The molecule has 9 heteroatoms. The van der Waals surface area contributed by atoms with E-state index in [-0.39, 0.29) is 22.6 Å². The normalized spacial score (nSPS) is 10.6. The smallest absolute Gasteiger partial charge is 0.308 e. The average Bonchev–Trinajstić information content (AvgIpc) is 2.53. The Balaban J connectivity index is 2.22. The summed E-state index contributed by atoms with van der Waals surface area (Å²) in [5, 5.41) is 0. The quantitative estimate of drug-likeness (QED) is 0.404. The van der Waals surface area contributed by atoms with Crippen LogP contribution in [0.3, 0.4) is 0 Å². The van der Waals surface area contributed by atoms with Gasteiger partial charge in [-0.15, -0.1) is 0 Å². The molecule has 2 aromatic carbocycles. The Hall–Kier alpha value is -2.55. The summed E-state index contributed by atoms with van der Waals surface area (Å²) in [7, 11) is 0. The fraction of sp³-hybridized carbons (Fsp3) is 0.222. The molecule has 0 aliphatic rings. The maximum Gasteiger partial charge on any atom is 0.308 e. The van der Waals surface area contributed by atoms with Crippen LogP contribution in [-0.2, 0) is 21.1 Å². The van der Waals surface area contributed by atoms with Gasteiger partial charge >= 0.3 is 11.9 Å². The number of hydrogen-bond acceptors (Lipinski definition) is 5. The molecule has 27 heavy (non-hydrogen) atoms. The minimum absolute atomic E-state index is 0.0328. The molecular formula is C18H14F4O4S. The Morgan fingerprint density at radius 2 is 1.15 bits per heavy atom. The summed E-state index contributed by atoms with van der Waals surface area (Å²) in [6.45, 7) is 2.14. The summed E-state index contributed by atoms with van der Waals surface area (Å²) in [5.41, 5.74) is 0.109. The van der Waals surface area contributed by atoms with E-state index in [0.717, 1.165) is 37.7 Å². The molecule has 0 fully saturated rings. The first kappa shape index (κ1) is 20.8. The van der Waals surface area contributed by atoms with Gasteiger partial charge in [0.05, 0.1) is 0 Å². The summed E-state index contributed by atoms with van der Waals surface area (Å²) >= 11 is 1.03. The molecule has 0 aromatic heterocycles. The van der Waals surface area contributed by atoms with Crippen molar-refractivity contribution in [2.75, 3.05) is 0 Å². The highest BCUT2D eigenvalue weighted by Crippen LogP contribution is 2.32. The molecule has 0 heterocycles. The largest absolute Gasteiger partial charge is 0.423 e. The molecule has 0 unspecified atom stereocenters. The van der Waals surface area contributed by atoms with Crippen molar-refractivity contribution in [3.8, 4) is 11.5 Å². The third kappa shape index (κ3) is 5.72. The van der Waals surface area contributed by atoms with Gasteiger partial charge < -0.3 is 9.47 Å². The zero-order chi connectivity index (χ0) is 20.1. The fourth-order valence-electron chi connectivity index (χ4n) is 2.23. The highest BCUT2D eigenvalue weighted by Gasteiger charge is 2.17. The first-order valence-electron chi connectivity index (χ1n) is 7.57. The molecule has 2 rings (SSSR count). The lowest BCUT2D eigenvalue weighted by Crippen LogP contribution is -2.07. The maximum atomic E-state index is 13.9. The van der Waals surface area contributed by atoms with Gasteiger partial charge in [-0.25, -0.2) is 17.6 Å². The van der Waals surface area contributed by atoms with Gasteiger partial charge in [0, 0.05) is 48.6 Å². The lowest BCUT2D eigenvalue weighted by molar-refractivity contribution is -0.133. The van der Waals surface area contributed by atoms with Gasteiger partial charge in [0.2, 0.25) is 0 Å². The zero-order valence-corrected chi connectivity index (χ0v) is 15.1. The van der Waals surface area contributed by atoms with Gasteiger partial charge in [-0.2, -0.15) is 11.8 Å². The average molecular weight is 402 g/mol. The zero-order valence-electron chi connectivity index (χ0n) is 14.3. The second-order valence-corrected chi connectivity index (χ2v) is 6.42. The third-order valence-electron chi connectivity index (χ3n) is 3.18. The Labute approximate surface area is 156 Å². The van der Waals surface area contributed by atoms with E-state index in [1.54, 1.807) is 0 Å². The molecular weight excluding hydrogens is 388 g/mol. The van der Waals surface area contributed by atoms with Crippen LogP contribution in [0.1, 0.15) is 25.0 Å². The molecule has 0 atom stereocenters. The highest BCUT2D eigenvalue weighted by atomic mass is 32.2. The minimum atomic E-state index is -1.04. The predicted molar refractivity (Wildman–Crippen MR) is 90.3 cm³/mol. The van der Waals surface area contributed by atoms with E-state index < -0.39 is 46.7 Å². The highest BCUT2D eigenvalue weighted by molar-refractivity contribution is 7.97. The van der Waals surface area contributed by atoms with Crippen LogP contribution in [0.4, 0.5) is 17.6 Å². The van der Waals surface area contributed by atoms with E-state index in [4.69, 9.17) is 9.47 Å². The van der Waals surface area contributed by atoms with Crippen LogP contribution in [0.2, 0.25) is 0 Å². The lowest BCUT2D eigenvalue weighted by Gasteiger charge is -2.12. The summed E-state index contributed by atoms with van der Waals surface area (Å²) in [6.07, 6.45) is 0. The number of ether oxygens (including phenoxy) is 2. The number of carbonyl (C=O) groups excluding carboxylic acids is 2. The minimum Gasteiger partial charge on any atom is -0.423 e. The Morgan fingerprint density at radius 3 is 1.48 bits per heavy atom. The number of rotatable bonds is 6. The van der Waals surface area contributed by atoms with Crippen LogP contribution in [0.5, 0.6) is 11.5 Å². The van der Waals surface area contributed by atoms with Gasteiger partial charge in [0.25, 0.3) is 0 Å². The van der Waals surface area contributed by atoms with Crippen LogP contribution in [-0.4, -0.2) is 11.9 Å². The van der Waals surface area contributed by atoms with E-state index in [0.29, 0.717) is 12.1 Å². The molecule has 0 aliphatic heterocycles. The van der Waals surface area contributed by atoms with Crippen molar-refractivity contribution in [1.82, 2.24) is 0 Å². The van der Waals surface area contributed by atoms with Gasteiger partial charge in [0.1, 0.15) is 11.6 Å². The van der Waals surface area contributed by atoms with Crippen LogP contribution >= 0.6 is 11.8 Å². The van der Waals surface area contributed by atoms with Crippen LogP contribution in [0, 0.1) is 23.3 Å². The number of hydrogen-bond donors (Lipinski definition) is 0. The second kappa shape index (κ2) is 8.90. The maximum absolute atomic E-state index is 13.9. The Bertz CT molecular complexity index is 815. The molecule has 0 amide bonds. The van der Waals surface area contributed by atoms with Crippen molar-refractivity contribution in [2.45, 2.75) is 25.4 Å². The first-order chi connectivity index (χ1) is 12.7. The molecule has 0 N–H and O–H groups in total. The topological polar surface area (TPSA) is 52.6 Å². The summed E-state index contributed by atoms with van der Waals surface area (Å²) in [6, 6.07) is 3.14. The molecule has 0 bridgehead atoms. The van der Waals surface area contributed by atoms with Crippen LogP contribution < -0.4 is 9.47 Å². The summed E-state index contributed by atoms with van der Waals surface area (Å²) in [5.74, 6) is -6.27. The summed E-state index contributed by atoms with van der Waals surface area (Å²) in [4.78, 5) is 22.2. The van der Waals surface area contributed by atoms with Crippen molar-refractivity contribution >= 4 is 23.7 Å². The van der Waals surface area contributed by atoms with Gasteiger partial charge in [-0.1, -0.05) is 0 Å². The second-order valence-electron chi connectivity index (χ2n) is 5.43. The number of halogens is 4. The van der Waals surface area contributed by atoms with Crippen molar-refractivity contribution in [3.05, 3.63) is 58.7 Å². The Kier molecular flexibility index (Phi) is 6.84. The van der Waals surface area contributed by atoms with Crippen molar-refractivity contribution < 1.29 is 36.6 Å². The number of esters is 2. The number of benzene rings is 2. The van der Waals surface area contributed by atoms with E-state index in [1.165, 1.54) is 0 Å². The predicted octanol–water partition coefficient (Wildman–Crippen LogP) is 4.53. The van der Waals surface area contributed by atoms with E-state index in [2.05, 4.69) is 0 Å². The van der Waals surface area contributed by atoms with Gasteiger partial charge in [0.15, 0.2) is 23.1 Å². The molecule has 144 valence electrons. The third-order valence-corrected chi connectivity index (χ3v) is 4.21. The van der Waals surface area contributed by atoms with E-state index in [9.17, 15) is 27.2 Å². The molecule has 0 saturated carbocycles. The number of carbonyl (C=O) groups is 2. The fourth-order valence-corrected chi connectivity index (χ4v) is 3.20. The van der Waals surface area contributed by atoms with Crippen molar-refractivity contribution in [3.63, 3.8) is 0 Å². The standard InChI is InChI=1S/C18H14F4O4S/c1-9(23)25-17-11(3-13(19)5-15(17)21)7-27-8-12-4-14(20)6-16(22)18(12)26-10(2)24/h3-6H,7-8H2,1-2H3. The SMILES string of the molecule is CC(=O)Oc1c(F)cc(F)cc1CSCc1cc(F)cc(F)c1OC(C)=O. The van der Waals surface area contributed by atoms with Gasteiger partial charge in [-0.05, 0) is 12.1 Å². The molecule has 0 radical (unpaired) electrons. The first-order valence-corrected chi connectivity index (χ1v) is 8.73.